The van der Waals surface area contributed by atoms with Gasteiger partial charge in [-0.2, -0.15) is 0 Å². The molecular weight excluding hydrogens is 174 g/mol. The summed E-state index contributed by atoms with van der Waals surface area (Å²) in [5.41, 5.74) is 7.32. The van der Waals surface area contributed by atoms with Crippen molar-refractivity contribution in [2.75, 3.05) is 0 Å². The molecule has 3 heteroatoms. The second-order valence-corrected chi connectivity index (χ2v) is 5.11. The van der Waals surface area contributed by atoms with Gasteiger partial charge in [0.05, 0.1) is 12.0 Å². The van der Waals surface area contributed by atoms with E-state index in [2.05, 4.69) is 30.3 Å². The summed E-state index contributed by atoms with van der Waals surface area (Å²) in [6, 6.07) is 0.0671. The predicted molar refractivity (Wildman–Crippen MR) is 58.9 cm³/mol. The average Bonchev–Trinajstić information content (AvgIpc) is 2.46. The van der Waals surface area contributed by atoms with E-state index >= 15 is 0 Å². The highest BCUT2D eigenvalue weighted by atomic mass is 15.1. The van der Waals surface area contributed by atoms with Gasteiger partial charge in [0.25, 0.3) is 0 Å². The van der Waals surface area contributed by atoms with E-state index in [1.165, 1.54) is 0 Å². The van der Waals surface area contributed by atoms with Gasteiger partial charge < -0.3 is 10.3 Å². The standard InChI is InChI=1S/C11H21N3/c1-9(12)10-7-13-8-14(10)6-5-11(2,3)4/h7-9H,5-6,12H2,1-4H3. The highest BCUT2D eigenvalue weighted by molar-refractivity contribution is 5.03. The van der Waals surface area contributed by atoms with Crippen molar-refractivity contribution in [2.24, 2.45) is 11.1 Å². The van der Waals surface area contributed by atoms with Crippen molar-refractivity contribution in [1.29, 1.82) is 0 Å². The first-order valence-electron chi connectivity index (χ1n) is 5.16. The minimum absolute atomic E-state index is 0.0671. The van der Waals surface area contributed by atoms with Crippen LogP contribution in [0.2, 0.25) is 0 Å². The second-order valence-electron chi connectivity index (χ2n) is 5.11. The van der Waals surface area contributed by atoms with Crippen molar-refractivity contribution in [3.8, 4) is 0 Å². The van der Waals surface area contributed by atoms with Crippen molar-refractivity contribution in [2.45, 2.75) is 46.7 Å². The van der Waals surface area contributed by atoms with Crippen LogP contribution in [0.1, 0.15) is 45.9 Å². The van der Waals surface area contributed by atoms with E-state index in [-0.39, 0.29) is 6.04 Å². The van der Waals surface area contributed by atoms with Crippen LogP contribution in [0.15, 0.2) is 12.5 Å². The lowest BCUT2D eigenvalue weighted by Crippen LogP contribution is -2.15. The normalized spacial score (nSPS) is 14.4. The maximum atomic E-state index is 5.84. The number of aromatic nitrogens is 2. The van der Waals surface area contributed by atoms with Crippen LogP contribution in [0.4, 0.5) is 0 Å². The van der Waals surface area contributed by atoms with Crippen molar-refractivity contribution in [1.82, 2.24) is 9.55 Å². The number of aryl methyl sites for hydroxylation is 1. The van der Waals surface area contributed by atoms with E-state index in [9.17, 15) is 0 Å². The van der Waals surface area contributed by atoms with Crippen molar-refractivity contribution >= 4 is 0 Å². The van der Waals surface area contributed by atoms with Crippen molar-refractivity contribution < 1.29 is 0 Å². The van der Waals surface area contributed by atoms with Gasteiger partial charge in [-0.15, -0.1) is 0 Å². The Hall–Kier alpha value is -0.830. The van der Waals surface area contributed by atoms with Gasteiger partial charge in [0.1, 0.15) is 0 Å². The summed E-state index contributed by atoms with van der Waals surface area (Å²) in [6.45, 7) is 9.73. The maximum absolute atomic E-state index is 5.84. The van der Waals surface area contributed by atoms with Gasteiger partial charge in [0.2, 0.25) is 0 Å². The molecule has 1 heterocycles. The molecule has 0 aliphatic carbocycles. The predicted octanol–water partition coefficient (Wildman–Crippen LogP) is 2.34. The fraction of sp³-hybridized carbons (Fsp3) is 0.727. The lowest BCUT2D eigenvalue weighted by molar-refractivity contribution is 0.346. The molecule has 0 bridgehead atoms. The van der Waals surface area contributed by atoms with Gasteiger partial charge in [-0.3, -0.25) is 0 Å². The molecule has 0 fully saturated rings. The smallest absolute Gasteiger partial charge is 0.0948 e. The molecule has 0 saturated heterocycles. The summed E-state index contributed by atoms with van der Waals surface area (Å²) in [5.74, 6) is 0. The molecular formula is C11H21N3. The maximum Gasteiger partial charge on any atom is 0.0948 e. The zero-order chi connectivity index (χ0) is 10.8. The Morgan fingerprint density at radius 1 is 1.50 bits per heavy atom. The molecule has 3 nitrogen and oxygen atoms in total. The molecule has 2 N–H and O–H groups in total. The van der Waals surface area contributed by atoms with E-state index in [0.717, 1.165) is 18.7 Å². The van der Waals surface area contributed by atoms with Crippen LogP contribution < -0.4 is 5.73 Å². The van der Waals surface area contributed by atoms with Crippen LogP contribution in [0, 0.1) is 5.41 Å². The number of nitrogens with two attached hydrogens (primary N) is 1. The van der Waals surface area contributed by atoms with Gasteiger partial charge in [-0.25, -0.2) is 4.98 Å². The number of hydrogen-bond acceptors (Lipinski definition) is 2. The Morgan fingerprint density at radius 2 is 2.14 bits per heavy atom. The zero-order valence-corrected chi connectivity index (χ0v) is 9.62. The summed E-state index contributed by atoms with van der Waals surface area (Å²) < 4.78 is 2.15. The second kappa shape index (κ2) is 4.13. The van der Waals surface area contributed by atoms with Gasteiger partial charge in [-0.1, -0.05) is 20.8 Å². The molecule has 1 rings (SSSR count). The SMILES string of the molecule is CC(N)c1cncn1CCC(C)(C)C. The van der Waals surface area contributed by atoms with E-state index in [1.807, 2.05) is 19.4 Å². The zero-order valence-electron chi connectivity index (χ0n) is 9.62. The van der Waals surface area contributed by atoms with Gasteiger partial charge in [0, 0.05) is 18.8 Å². The van der Waals surface area contributed by atoms with E-state index in [1.54, 1.807) is 0 Å². The molecule has 1 aromatic heterocycles. The molecule has 1 aromatic rings. The molecule has 0 aromatic carbocycles. The fourth-order valence-corrected chi connectivity index (χ4v) is 1.35. The molecule has 80 valence electrons. The van der Waals surface area contributed by atoms with Crippen LogP contribution in [-0.4, -0.2) is 9.55 Å². The molecule has 0 radical (unpaired) electrons. The molecule has 14 heavy (non-hydrogen) atoms. The number of rotatable bonds is 3. The Bertz CT molecular complexity index is 281. The monoisotopic (exact) mass is 195 g/mol. The molecule has 0 aliphatic rings. The van der Waals surface area contributed by atoms with Crippen molar-refractivity contribution in [3.63, 3.8) is 0 Å². The highest BCUT2D eigenvalue weighted by Crippen LogP contribution is 2.20. The van der Waals surface area contributed by atoms with Gasteiger partial charge in [-0.05, 0) is 18.8 Å². The number of nitrogens with zero attached hydrogens (tertiary/aromatic N) is 2. The topological polar surface area (TPSA) is 43.8 Å². The quantitative estimate of drug-likeness (QED) is 0.804. The number of imidazole rings is 1. The minimum atomic E-state index is 0.0671. The molecule has 1 unspecified atom stereocenters. The summed E-state index contributed by atoms with van der Waals surface area (Å²) in [6.07, 6.45) is 4.86. The molecule has 0 spiro atoms. The molecule has 0 aliphatic heterocycles. The van der Waals surface area contributed by atoms with Gasteiger partial charge in [0.15, 0.2) is 0 Å². The third kappa shape index (κ3) is 3.14. The Labute approximate surface area is 86.3 Å². The summed E-state index contributed by atoms with van der Waals surface area (Å²) >= 11 is 0. The van der Waals surface area contributed by atoms with Crippen molar-refractivity contribution in [3.05, 3.63) is 18.2 Å². The Morgan fingerprint density at radius 3 is 2.64 bits per heavy atom. The first kappa shape index (κ1) is 11.2. The first-order valence-corrected chi connectivity index (χ1v) is 5.16. The highest BCUT2D eigenvalue weighted by Gasteiger charge is 2.12. The van der Waals surface area contributed by atoms with E-state index in [0.29, 0.717) is 5.41 Å². The van der Waals surface area contributed by atoms with Crippen LogP contribution >= 0.6 is 0 Å². The van der Waals surface area contributed by atoms with Gasteiger partial charge >= 0.3 is 0 Å². The van der Waals surface area contributed by atoms with E-state index in [4.69, 9.17) is 5.73 Å². The number of hydrogen-bond donors (Lipinski definition) is 1. The summed E-state index contributed by atoms with van der Waals surface area (Å²) in [5, 5.41) is 0. The lowest BCUT2D eigenvalue weighted by Gasteiger charge is -2.19. The molecule has 0 amide bonds. The average molecular weight is 195 g/mol. The van der Waals surface area contributed by atoms with E-state index < -0.39 is 0 Å². The third-order valence-corrected chi connectivity index (χ3v) is 2.31. The first-order chi connectivity index (χ1) is 6.40. The van der Waals surface area contributed by atoms with Crippen LogP contribution in [-0.2, 0) is 6.54 Å². The Balaban J connectivity index is 2.63. The molecule has 1 atom stereocenters. The van der Waals surface area contributed by atoms with Crippen LogP contribution in [0.25, 0.3) is 0 Å². The largest absolute Gasteiger partial charge is 0.333 e. The lowest BCUT2D eigenvalue weighted by atomic mass is 9.92. The Kier molecular flexibility index (Phi) is 3.32. The van der Waals surface area contributed by atoms with Crippen LogP contribution in [0.5, 0.6) is 0 Å². The minimum Gasteiger partial charge on any atom is -0.333 e. The fourth-order valence-electron chi connectivity index (χ4n) is 1.35. The molecule has 0 saturated carbocycles. The summed E-state index contributed by atoms with van der Waals surface area (Å²) in [4.78, 5) is 4.13. The summed E-state index contributed by atoms with van der Waals surface area (Å²) in [7, 11) is 0. The third-order valence-electron chi connectivity index (χ3n) is 2.31. The van der Waals surface area contributed by atoms with Crippen LogP contribution in [0.3, 0.4) is 0 Å².